The van der Waals surface area contributed by atoms with Crippen molar-refractivity contribution in [3.8, 4) is 0 Å². The second kappa shape index (κ2) is 8.04. The van der Waals surface area contributed by atoms with Crippen LogP contribution in [-0.4, -0.2) is 24.9 Å². The van der Waals surface area contributed by atoms with Gasteiger partial charge in [0, 0.05) is 29.5 Å². The van der Waals surface area contributed by atoms with E-state index in [1.54, 1.807) is 0 Å². The Morgan fingerprint density at radius 1 is 1.04 bits per heavy atom. The van der Waals surface area contributed by atoms with E-state index in [1.165, 1.54) is 5.56 Å². The highest BCUT2D eigenvalue weighted by molar-refractivity contribution is 5.97. The van der Waals surface area contributed by atoms with Crippen molar-refractivity contribution in [3.05, 3.63) is 54.1 Å². The summed E-state index contributed by atoms with van der Waals surface area (Å²) in [6.07, 6.45) is 2.02. The van der Waals surface area contributed by atoms with Gasteiger partial charge >= 0.3 is 0 Å². The zero-order valence-corrected chi connectivity index (χ0v) is 15.3. The Kier molecular flexibility index (Phi) is 5.56. The minimum atomic E-state index is -0.0576. The summed E-state index contributed by atoms with van der Waals surface area (Å²) in [6.45, 7) is 4.72. The standard InChI is InChI=1S/C21H25N3O2/c1-15(2)21(26)23-18-11-9-17(10-12-18)22-14-20(25)24-13-5-7-16-6-3-4-8-19(16)24/h3-4,6,8-12,15,22H,5,7,13-14H2,1-2H3,(H,23,26). The molecule has 2 amide bonds. The summed E-state index contributed by atoms with van der Waals surface area (Å²) in [5.41, 5.74) is 3.87. The molecule has 1 heterocycles. The minimum Gasteiger partial charge on any atom is -0.376 e. The van der Waals surface area contributed by atoms with E-state index in [-0.39, 0.29) is 24.3 Å². The predicted octanol–water partition coefficient (Wildman–Crippen LogP) is 3.67. The summed E-state index contributed by atoms with van der Waals surface area (Å²) in [5.74, 6) is -0.00293. The fourth-order valence-electron chi connectivity index (χ4n) is 3.02. The molecule has 0 aliphatic carbocycles. The van der Waals surface area contributed by atoms with E-state index in [9.17, 15) is 9.59 Å². The van der Waals surface area contributed by atoms with Crippen molar-refractivity contribution < 1.29 is 9.59 Å². The Hall–Kier alpha value is -2.82. The van der Waals surface area contributed by atoms with Crippen LogP contribution in [0.15, 0.2) is 48.5 Å². The fourth-order valence-corrected chi connectivity index (χ4v) is 3.02. The first-order valence-electron chi connectivity index (χ1n) is 9.07. The van der Waals surface area contributed by atoms with Crippen LogP contribution in [-0.2, 0) is 16.0 Å². The molecule has 136 valence electrons. The fraction of sp³-hybridized carbons (Fsp3) is 0.333. The molecule has 26 heavy (non-hydrogen) atoms. The maximum absolute atomic E-state index is 12.6. The van der Waals surface area contributed by atoms with E-state index in [4.69, 9.17) is 0 Å². The van der Waals surface area contributed by atoms with Crippen LogP contribution < -0.4 is 15.5 Å². The highest BCUT2D eigenvalue weighted by atomic mass is 16.2. The topological polar surface area (TPSA) is 61.4 Å². The molecule has 0 bridgehead atoms. The lowest BCUT2D eigenvalue weighted by molar-refractivity contribution is -0.119. The monoisotopic (exact) mass is 351 g/mol. The Labute approximate surface area is 154 Å². The summed E-state index contributed by atoms with van der Waals surface area (Å²) in [6, 6.07) is 15.5. The van der Waals surface area contributed by atoms with Gasteiger partial charge in [-0.25, -0.2) is 0 Å². The number of hydrogen-bond acceptors (Lipinski definition) is 3. The summed E-state index contributed by atoms with van der Waals surface area (Å²) in [4.78, 5) is 26.2. The minimum absolute atomic E-state index is 0.00958. The quantitative estimate of drug-likeness (QED) is 0.864. The number of amides is 2. The molecule has 0 saturated carbocycles. The molecule has 2 aromatic rings. The van der Waals surface area contributed by atoms with E-state index in [0.29, 0.717) is 0 Å². The average molecular weight is 351 g/mol. The number of anilines is 3. The van der Waals surface area contributed by atoms with Crippen molar-refractivity contribution in [2.45, 2.75) is 26.7 Å². The normalized spacial score (nSPS) is 13.3. The molecule has 5 heteroatoms. The SMILES string of the molecule is CC(C)C(=O)Nc1ccc(NCC(=O)N2CCCc3ccccc32)cc1. The van der Waals surface area contributed by atoms with E-state index in [2.05, 4.69) is 16.7 Å². The third-order valence-electron chi connectivity index (χ3n) is 4.53. The van der Waals surface area contributed by atoms with Crippen molar-refractivity contribution in [1.29, 1.82) is 0 Å². The summed E-state index contributed by atoms with van der Waals surface area (Å²) in [5, 5.41) is 6.03. The Balaban J connectivity index is 1.58. The Morgan fingerprint density at radius 3 is 2.46 bits per heavy atom. The maximum Gasteiger partial charge on any atom is 0.246 e. The third-order valence-corrected chi connectivity index (χ3v) is 4.53. The van der Waals surface area contributed by atoms with Crippen LogP contribution in [0.2, 0.25) is 0 Å². The van der Waals surface area contributed by atoms with Crippen LogP contribution in [0.1, 0.15) is 25.8 Å². The van der Waals surface area contributed by atoms with Gasteiger partial charge in [0.15, 0.2) is 0 Å². The smallest absolute Gasteiger partial charge is 0.246 e. The largest absolute Gasteiger partial charge is 0.376 e. The molecule has 1 aliphatic heterocycles. The van der Waals surface area contributed by atoms with Crippen LogP contribution in [0.4, 0.5) is 17.1 Å². The summed E-state index contributed by atoms with van der Waals surface area (Å²) in [7, 11) is 0. The molecule has 2 N–H and O–H groups in total. The molecule has 3 rings (SSSR count). The molecule has 5 nitrogen and oxygen atoms in total. The van der Waals surface area contributed by atoms with E-state index >= 15 is 0 Å². The van der Waals surface area contributed by atoms with Crippen molar-refractivity contribution in [3.63, 3.8) is 0 Å². The van der Waals surface area contributed by atoms with E-state index in [0.717, 1.165) is 36.4 Å². The number of carbonyl (C=O) groups is 2. The van der Waals surface area contributed by atoms with Crippen LogP contribution in [0.3, 0.4) is 0 Å². The Morgan fingerprint density at radius 2 is 1.73 bits per heavy atom. The molecular weight excluding hydrogens is 326 g/mol. The number of fused-ring (bicyclic) bond motifs is 1. The van der Waals surface area contributed by atoms with Gasteiger partial charge in [-0.05, 0) is 48.7 Å². The van der Waals surface area contributed by atoms with Gasteiger partial charge in [0.1, 0.15) is 0 Å². The molecule has 1 aliphatic rings. The van der Waals surface area contributed by atoms with Gasteiger partial charge in [0.05, 0.1) is 6.54 Å². The van der Waals surface area contributed by atoms with Gasteiger partial charge in [-0.1, -0.05) is 32.0 Å². The van der Waals surface area contributed by atoms with Crippen molar-refractivity contribution in [2.75, 3.05) is 28.6 Å². The van der Waals surface area contributed by atoms with Gasteiger partial charge in [-0.15, -0.1) is 0 Å². The van der Waals surface area contributed by atoms with Crippen molar-refractivity contribution in [1.82, 2.24) is 0 Å². The zero-order valence-electron chi connectivity index (χ0n) is 15.3. The summed E-state index contributed by atoms with van der Waals surface area (Å²) < 4.78 is 0. The average Bonchev–Trinajstić information content (AvgIpc) is 2.66. The zero-order chi connectivity index (χ0) is 18.5. The number of benzene rings is 2. The molecule has 0 unspecified atom stereocenters. The molecule has 0 aromatic heterocycles. The molecule has 0 fully saturated rings. The molecular formula is C21H25N3O2. The van der Waals surface area contributed by atoms with E-state index < -0.39 is 0 Å². The van der Waals surface area contributed by atoms with Gasteiger partial charge < -0.3 is 15.5 Å². The first-order valence-corrected chi connectivity index (χ1v) is 9.07. The lowest BCUT2D eigenvalue weighted by Gasteiger charge is -2.29. The van der Waals surface area contributed by atoms with Gasteiger partial charge in [-0.2, -0.15) is 0 Å². The number of nitrogens with zero attached hydrogens (tertiary/aromatic N) is 1. The highest BCUT2D eigenvalue weighted by Crippen LogP contribution is 2.26. The number of carbonyl (C=O) groups excluding carboxylic acids is 2. The number of para-hydroxylation sites is 1. The number of nitrogens with one attached hydrogen (secondary N) is 2. The van der Waals surface area contributed by atoms with Crippen molar-refractivity contribution >= 4 is 28.9 Å². The van der Waals surface area contributed by atoms with Gasteiger partial charge in [0.25, 0.3) is 0 Å². The Bertz CT molecular complexity index is 784. The van der Waals surface area contributed by atoms with Gasteiger partial charge in [-0.3, -0.25) is 9.59 Å². The maximum atomic E-state index is 12.6. The first-order chi connectivity index (χ1) is 12.5. The van der Waals surface area contributed by atoms with Gasteiger partial charge in [0.2, 0.25) is 11.8 Å². The van der Waals surface area contributed by atoms with Crippen LogP contribution in [0, 0.1) is 5.92 Å². The molecule has 0 saturated heterocycles. The lowest BCUT2D eigenvalue weighted by Crippen LogP contribution is -2.39. The van der Waals surface area contributed by atoms with Crippen LogP contribution in [0.25, 0.3) is 0 Å². The number of aryl methyl sites for hydroxylation is 1. The van der Waals surface area contributed by atoms with Crippen LogP contribution in [0.5, 0.6) is 0 Å². The first kappa shape index (κ1) is 18.0. The number of hydrogen-bond donors (Lipinski definition) is 2. The lowest BCUT2D eigenvalue weighted by atomic mass is 10.0. The molecule has 2 aromatic carbocycles. The molecule has 0 atom stereocenters. The second-order valence-corrected chi connectivity index (χ2v) is 6.85. The van der Waals surface area contributed by atoms with E-state index in [1.807, 2.05) is 61.2 Å². The van der Waals surface area contributed by atoms with Crippen LogP contribution >= 0.6 is 0 Å². The molecule has 0 spiro atoms. The predicted molar refractivity (Wildman–Crippen MR) is 106 cm³/mol. The highest BCUT2D eigenvalue weighted by Gasteiger charge is 2.21. The van der Waals surface area contributed by atoms with Crippen molar-refractivity contribution in [2.24, 2.45) is 5.92 Å². The summed E-state index contributed by atoms with van der Waals surface area (Å²) >= 11 is 0. The third kappa shape index (κ3) is 4.23. The second-order valence-electron chi connectivity index (χ2n) is 6.85. The molecule has 0 radical (unpaired) electrons. The number of rotatable bonds is 5.